The number of H-pyrrole nitrogens is 1. The van der Waals surface area contributed by atoms with Gasteiger partial charge in [0.1, 0.15) is 0 Å². The van der Waals surface area contributed by atoms with Gasteiger partial charge in [0.15, 0.2) is 0 Å². The molecule has 1 saturated heterocycles. The Bertz CT molecular complexity index is 1490. The van der Waals surface area contributed by atoms with Crippen LogP contribution in [-0.4, -0.2) is 54.4 Å². The predicted molar refractivity (Wildman–Crippen MR) is 140 cm³/mol. The number of aliphatic imine (C=N–C) groups is 1. The average Bonchev–Trinajstić information content (AvgIpc) is 2.89. The quantitative estimate of drug-likeness (QED) is 0.441. The zero-order valence-corrected chi connectivity index (χ0v) is 19.4. The summed E-state index contributed by atoms with van der Waals surface area (Å²) in [5.41, 5.74) is 4.36. The normalized spacial score (nSPS) is 14.5. The standard InChI is InChI=1S/C28H25N5O2/c1-32-12-14-33(15-13-32)23-9-7-22(8-10-23)30-18-26-25-16-21(20-4-2-19(17-29)3-5-20)6-11-24(25)27(34)31-28(26)35/h2-11,16,18H,12-15H2,1H3,(H2,31,34,35). The Morgan fingerprint density at radius 1 is 0.943 bits per heavy atom. The Hall–Kier alpha value is -4.41. The minimum Gasteiger partial charge on any atom is -0.494 e. The summed E-state index contributed by atoms with van der Waals surface area (Å²) in [4.78, 5) is 24.2. The van der Waals surface area contributed by atoms with Crippen molar-refractivity contribution in [2.24, 2.45) is 4.99 Å². The second-order valence-corrected chi connectivity index (χ2v) is 8.73. The van der Waals surface area contributed by atoms with Crippen molar-refractivity contribution < 1.29 is 5.11 Å². The predicted octanol–water partition coefficient (Wildman–Crippen LogP) is 4.27. The van der Waals surface area contributed by atoms with E-state index in [9.17, 15) is 9.90 Å². The fourth-order valence-corrected chi connectivity index (χ4v) is 4.34. The largest absolute Gasteiger partial charge is 0.494 e. The molecule has 0 saturated carbocycles. The summed E-state index contributed by atoms with van der Waals surface area (Å²) in [5, 5.41) is 20.7. The zero-order valence-electron chi connectivity index (χ0n) is 19.4. The SMILES string of the molecule is CN1CCN(c2ccc(N=Cc3c(O)[nH]c(=O)c4ccc(-c5ccc(C#N)cc5)cc34)cc2)CC1. The van der Waals surface area contributed by atoms with Crippen molar-refractivity contribution in [2.45, 2.75) is 0 Å². The molecule has 0 aliphatic carbocycles. The first kappa shape index (κ1) is 22.4. The number of hydrogen-bond acceptors (Lipinski definition) is 6. The van der Waals surface area contributed by atoms with Crippen LogP contribution in [0.1, 0.15) is 11.1 Å². The Labute approximate surface area is 203 Å². The van der Waals surface area contributed by atoms with Crippen molar-refractivity contribution in [1.82, 2.24) is 9.88 Å². The number of nitrogens with zero attached hydrogens (tertiary/aromatic N) is 4. The first-order chi connectivity index (χ1) is 17.0. The molecule has 35 heavy (non-hydrogen) atoms. The van der Waals surface area contributed by atoms with Crippen LogP contribution in [0.15, 0.2) is 76.5 Å². The maximum Gasteiger partial charge on any atom is 0.258 e. The number of aromatic hydroxyl groups is 1. The molecule has 1 aliphatic heterocycles. The average molecular weight is 464 g/mol. The lowest BCUT2D eigenvalue weighted by Gasteiger charge is -2.34. The number of aromatic nitrogens is 1. The number of hydrogen-bond donors (Lipinski definition) is 2. The van der Waals surface area contributed by atoms with E-state index in [0.717, 1.165) is 43.0 Å². The highest BCUT2D eigenvalue weighted by atomic mass is 16.3. The van der Waals surface area contributed by atoms with Crippen molar-refractivity contribution in [1.29, 1.82) is 5.26 Å². The number of nitriles is 1. The lowest BCUT2D eigenvalue weighted by Crippen LogP contribution is -2.44. The van der Waals surface area contributed by atoms with Gasteiger partial charge in [-0.2, -0.15) is 5.26 Å². The third kappa shape index (κ3) is 4.65. The number of fused-ring (bicyclic) bond motifs is 1. The van der Waals surface area contributed by atoms with Crippen molar-refractivity contribution in [3.8, 4) is 23.1 Å². The molecule has 1 aliphatic rings. The Balaban J connectivity index is 1.47. The second-order valence-electron chi connectivity index (χ2n) is 8.73. The van der Waals surface area contributed by atoms with Crippen LogP contribution in [0, 0.1) is 11.3 Å². The van der Waals surface area contributed by atoms with Crippen LogP contribution in [-0.2, 0) is 0 Å². The molecule has 1 aromatic heterocycles. The summed E-state index contributed by atoms with van der Waals surface area (Å²) in [7, 11) is 2.14. The van der Waals surface area contributed by atoms with Gasteiger partial charge < -0.3 is 14.9 Å². The fraction of sp³-hybridized carbons (Fsp3) is 0.179. The number of anilines is 1. The van der Waals surface area contributed by atoms with Crippen LogP contribution < -0.4 is 10.5 Å². The third-order valence-corrected chi connectivity index (χ3v) is 6.45. The van der Waals surface area contributed by atoms with E-state index in [4.69, 9.17) is 5.26 Å². The van der Waals surface area contributed by atoms with Gasteiger partial charge in [-0.25, -0.2) is 0 Å². The summed E-state index contributed by atoms with van der Waals surface area (Å²) in [6.07, 6.45) is 1.58. The molecular weight excluding hydrogens is 438 g/mol. The number of nitrogens with one attached hydrogen (secondary N) is 1. The maximum absolute atomic E-state index is 12.5. The van der Waals surface area contributed by atoms with Crippen LogP contribution >= 0.6 is 0 Å². The monoisotopic (exact) mass is 463 g/mol. The van der Waals surface area contributed by atoms with Crippen molar-refractivity contribution in [2.75, 3.05) is 38.1 Å². The Kier molecular flexibility index (Phi) is 6.04. The summed E-state index contributed by atoms with van der Waals surface area (Å²) < 4.78 is 0. The highest BCUT2D eigenvalue weighted by Gasteiger charge is 2.14. The highest BCUT2D eigenvalue weighted by Crippen LogP contribution is 2.28. The van der Waals surface area contributed by atoms with Crippen molar-refractivity contribution in [3.63, 3.8) is 0 Å². The van der Waals surface area contributed by atoms with Crippen molar-refractivity contribution >= 4 is 28.4 Å². The van der Waals surface area contributed by atoms with Crippen LogP contribution in [0.2, 0.25) is 0 Å². The van der Waals surface area contributed by atoms with Gasteiger partial charge in [-0.3, -0.25) is 14.8 Å². The molecule has 174 valence electrons. The molecule has 5 rings (SSSR count). The first-order valence-electron chi connectivity index (χ1n) is 11.5. The van der Waals surface area contributed by atoms with Gasteiger partial charge in [0.05, 0.1) is 22.9 Å². The first-order valence-corrected chi connectivity index (χ1v) is 11.5. The molecule has 0 radical (unpaired) electrons. The zero-order chi connectivity index (χ0) is 24.4. The summed E-state index contributed by atoms with van der Waals surface area (Å²) >= 11 is 0. The van der Waals surface area contributed by atoms with Crippen LogP contribution in [0.5, 0.6) is 5.88 Å². The Morgan fingerprint density at radius 3 is 2.31 bits per heavy atom. The summed E-state index contributed by atoms with van der Waals surface area (Å²) in [6, 6.07) is 22.8. The fourth-order valence-electron chi connectivity index (χ4n) is 4.34. The third-order valence-electron chi connectivity index (χ3n) is 6.45. The van der Waals surface area contributed by atoms with Crippen LogP contribution in [0.3, 0.4) is 0 Å². The van der Waals surface area contributed by atoms with E-state index >= 15 is 0 Å². The minimum atomic E-state index is -0.363. The van der Waals surface area contributed by atoms with Gasteiger partial charge in [0.2, 0.25) is 5.88 Å². The molecule has 0 amide bonds. The van der Waals surface area contributed by atoms with E-state index in [2.05, 4.69) is 45.0 Å². The van der Waals surface area contributed by atoms with Gasteiger partial charge >= 0.3 is 0 Å². The van der Waals surface area contributed by atoms with Gasteiger partial charge in [-0.1, -0.05) is 18.2 Å². The number of rotatable bonds is 4. The maximum atomic E-state index is 12.5. The summed E-state index contributed by atoms with van der Waals surface area (Å²) in [6.45, 7) is 4.09. The molecule has 7 nitrogen and oxygen atoms in total. The van der Waals surface area contributed by atoms with E-state index in [0.29, 0.717) is 21.9 Å². The molecule has 0 spiro atoms. The van der Waals surface area contributed by atoms with E-state index in [1.54, 1.807) is 24.4 Å². The van der Waals surface area contributed by atoms with Gasteiger partial charge in [-0.05, 0) is 66.7 Å². The lowest BCUT2D eigenvalue weighted by molar-refractivity contribution is 0.313. The van der Waals surface area contributed by atoms with E-state index in [1.165, 1.54) is 5.69 Å². The van der Waals surface area contributed by atoms with Crippen molar-refractivity contribution in [3.05, 3.63) is 88.2 Å². The number of aromatic amines is 1. The molecule has 1 fully saturated rings. The molecule has 0 atom stereocenters. The Morgan fingerprint density at radius 2 is 1.63 bits per heavy atom. The molecule has 2 N–H and O–H groups in total. The van der Waals surface area contributed by atoms with Gasteiger partial charge in [-0.15, -0.1) is 0 Å². The van der Waals surface area contributed by atoms with E-state index in [1.807, 2.05) is 36.4 Å². The molecule has 0 bridgehead atoms. The topological polar surface area (TPSA) is 95.7 Å². The number of likely N-dealkylation sites (N-methyl/N-ethyl adjacent to an activating group) is 1. The summed E-state index contributed by atoms with van der Waals surface area (Å²) in [5.74, 6) is -0.225. The molecule has 3 aromatic carbocycles. The molecule has 4 aromatic rings. The molecule has 0 unspecified atom stereocenters. The molecule has 2 heterocycles. The molecular formula is C28H25N5O2. The van der Waals surface area contributed by atoms with Crippen LogP contribution in [0.4, 0.5) is 11.4 Å². The number of pyridine rings is 1. The van der Waals surface area contributed by atoms with Crippen LogP contribution in [0.25, 0.3) is 21.9 Å². The van der Waals surface area contributed by atoms with Gasteiger partial charge in [0, 0.05) is 48.9 Å². The number of benzene rings is 3. The smallest absolute Gasteiger partial charge is 0.258 e. The second kappa shape index (κ2) is 9.45. The molecule has 7 heteroatoms. The lowest BCUT2D eigenvalue weighted by atomic mass is 9.99. The highest BCUT2D eigenvalue weighted by molar-refractivity contribution is 6.03. The van der Waals surface area contributed by atoms with E-state index in [-0.39, 0.29) is 11.4 Å². The van der Waals surface area contributed by atoms with Gasteiger partial charge in [0.25, 0.3) is 5.56 Å². The number of piperazine rings is 1. The minimum absolute atomic E-state index is 0.225. The van der Waals surface area contributed by atoms with E-state index < -0.39 is 0 Å².